The minimum Gasteiger partial charge on any atom is -0.478 e. The molecule has 1 aromatic carbocycles. The molecule has 0 unspecified atom stereocenters. The molecule has 0 radical (unpaired) electrons. The van der Waals surface area contributed by atoms with Gasteiger partial charge >= 0.3 is 5.97 Å². The maximum absolute atomic E-state index is 12.0. The first-order valence-electron chi connectivity index (χ1n) is 5.67. The van der Waals surface area contributed by atoms with E-state index in [1.54, 1.807) is 6.07 Å². The molecule has 0 atom stereocenters. The number of hydrazone groups is 1. The number of halogens is 1. The topological polar surface area (TPSA) is 108 Å². The van der Waals surface area contributed by atoms with Crippen LogP contribution in [-0.4, -0.2) is 28.6 Å². The molecule has 3 N–H and O–H groups in total. The smallest absolute Gasteiger partial charge is 0.337 e. The summed E-state index contributed by atoms with van der Waals surface area (Å²) in [7, 11) is 0. The van der Waals surface area contributed by atoms with Crippen molar-refractivity contribution in [1.29, 1.82) is 0 Å². The average Bonchev–Trinajstić information content (AvgIpc) is 2.39. The highest BCUT2D eigenvalue weighted by molar-refractivity contribution is 9.10. The molecule has 1 aromatic rings. The van der Waals surface area contributed by atoms with Crippen LogP contribution >= 0.6 is 15.9 Å². The van der Waals surface area contributed by atoms with E-state index < -0.39 is 11.9 Å². The molecule has 0 saturated heterocycles. The van der Waals surface area contributed by atoms with Gasteiger partial charge in [0.05, 0.1) is 11.3 Å². The summed E-state index contributed by atoms with van der Waals surface area (Å²) in [5.41, 5.74) is 2.50. The number of hydrogen-bond donors (Lipinski definition) is 3. The Morgan fingerprint density at radius 3 is 2.70 bits per heavy atom. The maximum Gasteiger partial charge on any atom is 0.337 e. The second-order valence-electron chi connectivity index (χ2n) is 4.04. The lowest BCUT2D eigenvalue weighted by molar-refractivity contribution is -0.121. The summed E-state index contributed by atoms with van der Waals surface area (Å²) in [6.45, 7) is 0. The normalized spacial score (nSPS) is 14.2. The summed E-state index contributed by atoms with van der Waals surface area (Å²) in [6, 6.07) is 4.44. The van der Waals surface area contributed by atoms with Gasteiger partial charge in [-0.3, -0.25) is 9.59 Å². The Balaban J connectivity index is 2.21. The molecule has 2 amide bonds. The molecule has 1 aliphatic heterocycles. The Bertz CT molecular complexity index is 627. The first-order chi connectivity index (χ1) is 9.47. The van der Waals surface area contributed by atoms with Crippen molar-refractivity contribution in [1.82, 2.24) is 5.43 Å². The van der Waals surface area contributed by atoms with Crippen molar-refractivity contribution in [3.05, 3.63) is 28.2 Å². The molecule has 104 valence electrons. The van der Waals surface area contributed by atoms with Crippen LogP contribution in [0, 0.1) is 0 Å². The molecule has 0 aromatic heterocycles. The first kappa shape index (κ1) is 14.2. The number of carboxylic acids is 1. The van der Waals surface area contributed by atoms with Gasteiger partial charge in [0.25, 0.3) is 5.91 Å². The van der Waals surface area contributed by atoms with Gasteiger partial charge in [-0.2, -0.15) is 5.10 Å². The van der Waals surface area contributed by atoms with E-state index in [0.717, 1.165) is 0 Å². The number of nitrogens with one attached hydrogen (secondary N) is 2. The second kappa shape index (κ2) is 5.83. The third-order valence-corrected chi connectivity index (χ3v) is 3.12. The van der Waals surface area contributed by atoms with Crippen molar-refractivity contribution in [3.63, 3.8) is 0 Å². The van der Waals surface area contributed by atoms with Crippen LogP contribution in [-0.2, 0) is 9.59 Å². The van der Waals surface area contributed by atoms with Crippen molar-refractivity contribution in [2.45, 2.75) is 12.8 Å². The monoisotopic (exact) mass is 339 g/mol. The van der Waals surface area contributed by atoms with Crippen molar-refractivity contribution in [3.8, 4) is 0 Å². The number of carbonyl (C=O) groups is 3. The first-order valence-corrected chi connectivity index (χ1v) is 6.46. The van der Waals surface area contributed by atoms with Gasteiger partial charge in [0.1, 0.15) is 5.71 Å². The molecule has 0 fully saturated rings. The molecule has 2 rings (SSSR count). The van der Waals surface area contributed by atoms with Gasteiger partial charge in [-0.1, -0.05) is 15.9 Å². The Labute approximate surface area is 122 Å². The molecule has 1 heterocycles. The number of carboxylic acid groups (broad SMARTS) is 1. The zero-order valence-corrected chi connectivity index (χ0v) is 11.7. The quantitative estimate of drug-likeness (QED) is 0.772. The van der Waals surface area contributed by atoms with Gasteiger partial charge in [-0.15, -0.1) is 0 Å². The van der Waals surface area contributed by atoms with Crippen molar-refractivity contribution in [2.24, 2.45) is 5.10 Å². The number of benzene rings is 1. The van der Waals surface area contributed by atoms with E-state index in [1.807, 2.05) is 0 Å². The third kappa shape index (κ3) is 3.21. The fraction of sp³-hybridized carbons (Fsp3) is 0.167. The number of hydrogen-bond acceptors (Lipinski definition) is 4. The summed E-state index contributed by atoms with van der Waals surface area (Å²) >= 11 is 3.21. The molecule has 7 nitrogen and oxygen atoms in total. The van der Waals surface area contributed by atoms with Gasteiger partial charge in [-0.05, 0) is 18.2 Å². The van der Waals surface area contributed by atoms with E-state index in [9.17, 15) is 14.4 Å². The van der Waals surface area contributed by atoms with E-state index in [4.69, 9.17) is 5.11 Å². The number of aromatic carboxylic acids is 1. The number of amides is 2. The maximum atomic E-state index is 12.0. The lowest BCUT2D eigenvalue weighted by Crippen LogP contribution is -2.33. The highest BCUT2D eigenvalue weighted by atomic mass is 79.9. The Hall–Kier alpha value is -2.22. The highest BCUT2D eigenvalue weighted by Gasteiger charge is 2.20. The van der Waals surface area contributed by atoms with Crippen LogP contribution in [0.5, 0.6) is 0 Å². The average molecular weight is 340 g/mol. The molecule has 0 bridgehead atoms. The second-order valence-corrected chi connectivity index (χ2v) is 4.96. The molecule has 0 spiro atoms. The van der Waals surface area contributed by atoms with Crippen molar-refractivity contribution < 1.29 is 19.5 Å². The Morgan fingerprint density at radius 1 is 1.35 bits per heavy atom. The van der Waals surface area contributed by atoms with E-state index in [2.05, 4.69) is 31.8 Å². The lowest BCUT2D eigenvalue weighted by atomic mass is 10.1. The largest absolute Gasteiger partial charge is 0.478 e. The van der Waals surface area contributed by atoms with Gasteiger partial charge in [0.2, 0.25) is 5.91 Å². The molecular formula is C12H10BrN3O4. The molecule has 1 aliphatic rings. The number of nitrogens with zero attached hydrogens (tertiary/aromatic N) is 1. The summed E-state index contributed by atoms with van der Waals surface area (Å²) in [6.07, 6.45) is 0.393. The minimum atomic E-state index is -1.15. The van der Waals surface area contributed by atoms with E-state index in [0.29, 0.717) is 4.47 Å². The van der Waals surface area contributed by atoms with Crippen LogP contribution in [0.4, 0.5) is 5.69 Å². The van der Waals surface area contributed by atoms with Gasteiger partial charge < -0.3 is 10.4 Å². The molecular weight excluding hydrogens is 330 g/mol. The van der Waals surface area contributed by atoms with Crippen LogP contribution < -0.4 is 10.7 Å². The molecule has 0 saturated carbocycles. The summed E-state index contributed by atoms with van der Waals surface area (Å²) in [4.78, 5) is 34.0. The number of carbonyl (C=O) groups excluding carboxylic acids is 2. The zero-order chi connectivity index (χ0) is 14.7. The number of rotatable bonds is 3. The molecule has 8 heteroatoms. The zero-order valence-electron chi connectivity index (χ0n) is 10.1. The van der Waals surface area contributed by atoms with E-state index in [1.165, 1.54) is 12.1 Å². The van der Waals surface area contributed by atoms with Crippen LogP contribution in [0.1, 0.15) is 23.2 Å². The molecule has 0 aliphatic carbocycles. The van der Waals surface area contributed by atoms with Gasteiger partial charge in [0, 0.05) is 17.3 Å². The van der Waals surface area contributed by atoms with Crippen molar-refractivity contribution >= 4 is 45.1 Å². The van der Waals surface area contributed by atoms with E-state index in [-0.39, 0.29) is 35.7 Å². The van der Waals surface area contributed by atoms with Gasteiger partial charge in [0.15, 0.2) is 0 Å². The fourth-order valence-electron chi connectivity index (χ4n) is 1.64. The third-order valence-electron chi connectivity index (χ3n) is 2.63. The lowest BCUT2D eigenvalue weighted by Gasteiger charge is -2.13. The predicted octanol–water partition coefficient (Wildman–Crippen LogP) is 1.35. The van der Waals surface area contributed by atoms with E-state index >= 15 is 0 Å². The Morgan fingerprint density at radius 2 is 2.10 bits per heavy atom. The van der Waals surface area contributed by atoms with Crippen molar-refractivity contribution in [2.75, 3.05) is 5.32 Å². The van der Waals surface area contributed by atoms with Crippen LogP contribution in [0.15, 0.2) is 27.8 Å². The summed E-state index contributed by atoms with van der Waals surface area (Å²) in [5, 5.41) is 15.2. The van der Waals surface area contributed by atoms with Crippen LogP contribution in [0.2, 0.25) is 0 Å². The molecule has 20 heavy (non-hydrogen) atoms. The Kier molecular flexibility index (Phi) is 4.14. The summed E-state index contributed by atoms with van der Waals surface area (Å²) < 4.78 is 0.636. The standard InChI is InChI=1S/C12H10BrN3O4/c13-6-1-2-7(12(19)20)9(5-6)14-11(18)8-3-4-10(17)16-15-8/h1-2,5H,3-4H2,(H,14,18)(H,16,17)(H,19,20). The minimum absolute atomic E-state index is 0.0259. The predicted molar refractivity (Wildman–Crippen MR) is 74.5 cm³/mol. The SMILES string of the molecule is O=C1CCC(C(=O)Nc2cc(Br)ccc2C(=O)O)=NN1. The van der Waals surface area contributed by atoms with Crippen LogP contribution in [0.3, 0.4) is 0 Å². The number of anilines is 1. The fourth-order valence-corrected chi connectivity index (χ4v) is 2.00. The summed E-state index contributed by atoms with van der Waals surface area (Å²) in [5.74, 6) is -1.94. The highest BCUT2D eigenvalue weighted by Crippen LogP contribution is 2.22. The van der Waals surface area contributed by atoms with Crippen LogP contribution in [0.25, 0.3) is 0 Å². The van der Waals surface area contributed by atoms with Gasteiger partial charge in [-0.25, -0.2) is 10.2 Å².